The number of nitrogens with zero attached hydrogens (tertiary/aromatic N) is 2. The van der Waals surface area contributed by atoms with E-state index in [-0.39, 0.29) is 18.8 Å². The predicted octanol–water partition coefficient (Wildman–Crippen LogP) is 5.84. The smallest absolute Gasteiger partial charge is 0.338 e. The molecule has 1 atom stereocenters. The predicted molar refractivity (Wildman–Crippen MR) is 178 cm³/mol. The number of fused-ring (bicyclic) bond motifs is 1. The third-order valence-corrected chi connectivity index (χ3v) is 8.80. The van der Waals surface area contributed by atoms with Crippen molar-refractivity contribution >= 4 is 35.0 Å². The number of carbonyl (C=O) groups excluding carboxylic acids is 1. The monoisotopic (exact) mass is 662 g/mol. The zero-order valence-electron chi connectivity index (χ0n) is 26.3. The molecule has 0 N–H and O–H groups in total. The van der Waals surface area contributed by atoms with Gasteiger partial charge >= 0.3 is 5.97 Å². The lowest BCUT2D eigenvalue weighted by atomic mass is 9.93. The van der Waals surface area contributed by atoms with Crippen molar-refractivity contribution in [3.63, 3.8) is 0 Å². The van der Waals surface area contributed by atoms with Crippen molar-refractivity contribution in [2.75, 3.05) is 27.9 Å². The molecule has 0 radical (unpaired) electrons. The lowest BCUT2D eigenvalue weighted by Gasteiger charge is -2.27. The van der Waals surface area contributed by atoms with E-state index in [2.05, 4.69) is 0 Å². The molecule has 5 rings (SSSR count). The normalized spacial score (nSPS) is 14.4. The van der Waals surface area contributed by atoms with Gasteiger partial charge in [-0.15, -0.1) is 0 Å². The molecule has 4 aromatic rings. The summed E-state index contributed by atoms with van der Waals surface area (Å²) in [5.74, 6) is 1.56. The maximum atomic E-state index is 14.2. The number of thiazole rings is 1. The average molecular weight is 663 g/mol. The summed E-state index contributed by atoms with van der Waals surface area (Å²) >= 11 is 7.54. The quantitative estimate of drug-likeness (QED) is 0.176. The van der Waals surface area contributed by atoms with Gasteiger partial charge in [-0.3, -0.25) is 9.36 Å². The van der Waals surface area contributed by atoms with Crippen LogP contribution < -0.4 is 33.8 Å². The minimum atomic E-state index is -0.848. The van der Waals surface area contributed by atoms with Gasteiger partial charge in [0, 0.05) is 16.1 Å². The van der Waals surface area contributed by atoms with E-state index in [1.165, 1.54) is 15.9 Å². The Hall–Kier alpha value is -4.54. The van der Waals surface area contributed by atoms with Crippen LogP contribution in [0.25, 0.3) is 6.08 Å². The molecule has 0 unspecified atom stereocenters. The van der Waals surface area contributed by atoms with Crippen molar-refractivity contribution < 1.29 is 28.5 Å². The molecule has 11 heteroatoms. The number of benzene rings is 3. The molecule has 240 valence electrons. The number of hydrogen-bond acceptors (Lipinski definition) is 9. The van der Waals surface area contributed by atoms with Crippen LogP contribution in [-0.4, -0.2) is 38.5 Å². The zero-order valence-corrected chi connectivity index (χ0v) is 27.9. The summed E-state index contributed by atoms with van der Waals surface area (Å²) in [5.41, 5.74) is 2.72. The first-order chi connectivity index (χ1) is 22.3. The maximum absolute atomic E-state index is 14.2. The number of hydrogen-bond donors (Lipinski definition) is 0. The minimum absolute atomic E-state index is 0.175. The molecule has 1 aromatic heterocycles. The van der Waals surface area contributed by atoms with Crippen molar-refractivity contribution in [3.05, 3.63) is 113 Å². The van der Waals surface area contributed by atoms with Crippen LogP contribution >= 0.6 is 22.9 Å². The van der Waals surface area contributed by atoms with Gasteiger partial charge in [0.25, 0.3) is 5.56 Å². The first-order valence-electron chi connectivity index (χ1n) is 14.8. The lowest BCUT2D eigenvalue weighted by molar-refractivity contribution is -0.139. The van der Waals surface area contributed by atoms with Gasteiger partial charge in [0.05, 0.1) is 43.7 Å². The Morgan fingerprint density at radius 3 is 2.43 bits per heavy atom. The Kier molecular flexibility index (Phi) is 10.5. The number of esters is 1. The molecule has 2 heterocycles. The molecule has 1 aliphatic heterocycles. The molecule has 1 aliphatic rings. The lowest BCUT2D eigenvalue weighted by Crippen LogP contribution is -2.40. The number of methoxy groups -OCH3 is 3. The molecule has 0 aliphatic carbocycles. The molecule has 0 spiro atoms. The zero-order chi connectivity index (χ0) is 32.8. The van der Waals surface area contributed by atoms with Crippen LogP contribution in [0.4, 0.5) is 0 Å². The minimum Gasteiger partial charge on any atom is -0.497 e. The van der Waals surface area contributed by atoms with Crippen LogP contribution in [0.5, 0.6) is 23.0 Å². The number of carbonyl (C=O) groups is 1. The van der Waals surface area contributed by atoms with Crippen LogP contribution in [0, 0.1) is 0 Å². The van der Waals surface area contributed by atoms with Gasteiger partial charge in [-0.1, -0.05) is 60.5 Å². The molecule has 46 heavy (non-hydrogen) atoms. The maximum Gasteiger partial charge on any atom is 0.338 e. The van der Waals surface area contributed by atoms with Gasteiger partial charge < -0.3 is 23.7 Å². The fourth-order valence-electron chi connectivity index (χ4n) is 5.28. The van der Waals surface area contributed by atoms with Crippen molar-refractivity contribution in [2.24, 2.45) is 4.99 Å². The first-order valence-corrected chi connectivity index (χ1v) is 16.0. The molecule has 9 nitrogen and oxygen atoms in total. The Morgan fingerprint density at radius 2 is 1.74 bits per heavy atom. The number of rotatable bonds is 12. The number of allylic oxidation sites excluding steroid dienone is 1. The van der Waals surface area contributed by atoms with Crippen LogP contribution in [0.15, 0.2) is 81.7 Å². The third-order valence-electron chi connectivity index (χ3n) is 7.45. The molecule has 0 saturated heterocycles. The highest BCUT2D eigenvalue weighted by atomic mass is 35.5. The summed E-state index contributed by atoms with van der Waals surface area (Å²) in [6.45, 7) is 4.20. The standard InChI is InChI=1S/C35H35ClN2O7S/c1-6-10-26-31(34(40)44-7-2)32(24-19-23(41-3)14-16-27(24)42-4)38-33(39)30(46-35(38)37-26)18-21-13-15-28(29(17-21)43-5)45-20-22-11-8-9-12-25(22)36/h8-9,11-19,32H,6-7,10,20H2,1-5H3/b30-18-/t32-/m0/s1. The van der Waals surface area contributed by atoms with Crippen molar-refractivity contribution in [3.8, 4) is 23.0 Å². The van der Waals surface area contributed by atoms with Gasteiger partial charge in [0.2, 0.25) is 0 Å². The molecule has 0 saturated carbocycles. The molecular formula is C35H35ClN2O7S. The summed E-state index contributed by atoms with van der Waals surface area (Å²) in [5, 5.41) is 0.617. The second kappa shape index (κ2) is 14.7. The average Bonchev–Trinajstić information content (AvgIpc) is 3.37. The highest BCUT2D eigenvalue weighted by Crippen LogP contribution is 2.39. The molecule has 0 fully saturated rings. The molecule has 0 amide bonds. The summed E-state index contributed by atoms with van der Waals surface area (Å²) < 4.78 is 30.3. The third kappa shape index (κ3) is 6.68. The van der Waals surface area contributed by atoms with E-state index in [0.29, 0.717) is 60.6 Å². The number of aromatic nitrogens is 1. The number of halogens is 1. The summed E-state index contributed by atoms with van der Waals surface area (Å²) in [7, 11) is 4.66. The first kappa shape index (κ1) is 32.8. The Bertz CT molecular complexity index is 1960. The summed E-state index contributed by atoms with van der Waals surface area (Å²) in [4.78, 5) is 33.1. The molecule has 0 bridgehead atoms. The second-order valence-corrected chi connectivity index (χ2v) is 11.7. The fraction of sp³-hybridized carbons (Fsp3) is 0.286. The second-order valence-electron chi connectivity index (χ2n) is 10.3. The van der Waals surface area contributed by atoms with Crippen LogP contribution in [-0.2, 0) is 16.1 Å². The molecular weight excluding hydrogens is 628 g/mol. The van der Waals surface area contributed by atoms with E-state index in [1.54, 1.807) is 64.7 Å². The van der Waals surface area contributed by atoms with E-state index in [9.17, 15) is 9.59 Å². The van der Waals surface area contributed by atoms with E-state index >= 15 is 0 Å². The summed E-state index contributed by atoms with van der Waals surface area (Å²) in [6.07, 6.45) is 3.04. The van der Waals surface area contributed by atoms with Crippen LogP contribution in [0.2, 0.25) is 5.02 Å². The van der Waals surface area contributed by atoms with Crippen molar-refractivity contribution in [2.45, 2.75) is 39.3 Å². The van der Waals surface area contributed by atoms with Gasteiger partial charge in [-0.2, -0.15) is 0 Å². The Balaban J connectivity index is 1.63. The highest BCUT2D eigenvalue weighted by Gasteiger charge is 2.36. The SMILES string of the molecule is CCCC1=C(C(=O)OCC)[C@H](c2cc(OC)ccc2OC)n2c(s/c(=C\c3ccc(OCc4ccccc4Cl)c(OC)c3)c2=O)=N1. The van der Waals surface area contributed by atoms with E-state index in [0.717, 1.165) is 17.5 Å². The Morgan fingerprint density at radius 1 is 0.978 bits per heavy atom. The number of ether oxygens (including phenoxy) is 5. The fourth-order valence-corrected chi connectivity index (χ4v) is 6.49. The summed E-state index contributed by atoms with van der Waals surface area (Å²) in [6, 6.07) is 17.4. The van der Waals surface area contributed by atoms with E-state index < -0.39 is 12.0 Å². The van der Waals surface area contributed by atoms with E-state index in [1.807, 2.05) is 37.3 Å². The van der Waals surface area contributed by atoms with Gasteiger partial charge in [0.15, 0.2) is 16.3 Å². The molecule has 3 aromatic carbocycles. The largest absolute Gasteiger partial charge is 0.497 e. The van der Waals surface area contributed by atoms with Gasteiger partial charge in [0.1, 0.15) is 24.1 Å². The van der Waals surface area contributed by atoms with Crippen LogP contribution in [0.1, 0.15) is 49.4 Å². The Labute approximate surface area is 275 Å². The van der Waals surface area contributed by atoms with Crippen molar-refractivity contribution in [1.29, 1.82) is 0 Å². The van der Waals surface area contributed by atoms with Gasteiger partial charge in [-0.05, 0) is 61.4 Å². The van der Waals surface area contributed by atoms with Gasteiger partial charge in [-0.25, -0.2) is 9.79 Å². The van der Waals surface area contributed by atoms with Crippen molar-refractivity contribution in [1.82, 2.24) is 4.57 Å². The van der Waals surface area contributed by atoms with E-state index in [4.69, 9.17) is 40.3 Å². The van der Waals surface area contributed by atoms with Crippen LogP contribution in [0.3, 0.4) is 0 Å². The highest BCUT2D eigenvalue weighted by molar-refractivity contribution is 7.07. The topological polar surface area (TPSA) is 97.6 Å².